The van der Waals surface area contributed by atoms with Gasteiger partial charge in [-0.15, -0.1) is 0 Å². The van der Waals surface area contributed by atoms with Gasteiger partial charge in [-0.05, 0) is 18.9 Å². The molecule has 18 heavy (non-hydrogen) atoms. The number of carbonyl (C=O) groups excluding carboxylic acids is 1. The largest absolute Gasteiger partial charge is 0.394 e. The highest BCUT2D eigenvalue weighted by Gasteiger charge is 2.19. The Hall–Kier alpha value is -1.36. The van der Waals surface area contributed by atoms with Crippen LogP contribution < -0.4 is 0 Å². The fourth-order valence-electron chi connectivity index (χ4n) is 2.40. The van der Waals surface area contributed by atoms with E-state index in [0.717, 1.165) is 25.9 Å². The average molecular weight is 251 g/mol. The molecule has 1 N–H and O–H groups in total. The van der Waals surface area contributed by atoms with Gasteiger partial charge in [-0.2, -0.15) is 5.10 Å². The molecule has 0 atom stereocenters. The summed E-state index contributed by atoms with van der Waals surface area (Å²) in [7, 11) is 0. The number of hydrogen-bond donors (Lipinski definition) is 1. The van der Waals surface area contributed by atoms with Crippen LogP contribution in [-0.4, -0.2) is 45.4 Å². The predicted octanol–water partition coefficient (Wildman–Crippen LogP) is 1.28. The maximum Gasteiger partial charge on any atom is 0.272 e. The maximum absolute atomic E-state index is 12.4. The van der Waals surface area contributed by atoms with Crippen molar-refractivity contribution < 1.29 is 9.90 Å². The topological polar surface area (TPSA) is 58.4 Å². The molecule has 1 aliphatic rings. The van der Waals surface area contributed by atoms with Crippen molar-refractivity contribution in [3.8, 4) is 0 Å². The maximum atomic E-state index is 12.4. The Bertz CT molecular complexity index is 381. The molecule has 1 amide bonds. The standard InChI is InChI=1S/C13H21N3O2/c17-11-10-16-12(6-7-14-16)13(18)15-8-4-2-1-3-5-9-15/h6-7,17H,1-5,8-11H2. The third kappa shape index (κ3) is 3.10. The van der Waals surface area contributed by atoms with Crippen molar-refractivity contribution in [2.45, 2.75) is 38.6 Å². The number of hydrogen-bond acceptors (Lipinski definition) is 3. The molecule has 5 nitrogen and oxygen atoms in total. The quantitative estimate of drug-likeness (QED) is 0.880. The van der Waals surface area contributed by atoms with Crippen molar-refractivity contribution in [3.63, 3.8) is 0 Å². The monoisotopic (exact) mass is 251 g/mol. The van der Waals surface area contributed by atoms with Gasteiger partial charge >= 0.3 is 0 Å². The summed E-state index contributed by atoms with van der Waals surface area (Å²) in [6.45, 7) is 2.05. The molecular formula is C13H21N3O2. The van der Waals surface area contributed by atoms with Crippen molar-refractivity contribution in [3.05, 3.63) is 18.0 Å². The van der Waals surface area contributed by atoms with Crippen molar-refractivity contribution in [1.29, 1.82) is 0 Å². The van der Waals surface area contributed by atoms with Crippen LogP contribution in [0.25, 0.3) is 0 Å². The number of likely N-dealkylation sites (tertiary alicyclic amines) is 1. The highest BCUT2D eigenvalue weighted by Crippen LogP contribution is 2.13. The van der Waals surface area contributed by atoms with Crippen LogP contribution in [0, 0.1) is 0 Å². The molecule has 100 valence electrons. The molecule has 0 spiro atoms. The Labute approximate surface area is 107 Å². The lowest BCUT2D eigenvalue weighted by molar-refractivity contribution is 0.0728. The molecule has 1 fully saturated rings. The zero-order valence-corrected chi connectivity index (χ0v) is 10.7. The zero-order chi connectivity index (χ0) is 12.8. The van der Waals surface area contributed by atoms with E-state index in [1.165, 1.54) is 19.3 Å². The molecule has 0 bridgehead atoms. The summed E-state index contributed by atoms with van der Waals surface area (Å²) in [4.78, 5) is 14.3. The smallest absolute Gasteiger partial charge is 0.272 e. The highest BCUT2D eigenvalue weighted by atomic mass is 16.3. The summed E-state index contributed by atoms with van der Waals surface area (Å²) in [5.41, 5.74) is 0.588. The summed E-state index contributed by atoms with van der Waals surface area (Å²) in [6.07, 6.45) is 7.48. The van der Waals surface area contributed by atoms with E-state index in [2.05, 4.69) is 5.10 Å². The Balaban J connectivity index is 2.06. The van der Waals surface area contributed by atoms with Crippen LogP contribution in [0.1, 0.15) is 42.6 Å². The van der Waals surface area contributed by atoms with Gasteiger partial charge in [-0.1, -0.05) is 19.3 Å². The second kappa shape index (κ2) is 6.54. The molecule has 1 saturated heterocycles. The van der Waals surface area contributed by atoms with E-state index >= 15 is 0 Å². The summed E-state index contributed by atoms with van der Waals surface area (Å²) >= 11 is 0. The van der Waals surface area contributed by atoms with Crippen molar-refractivity contribution in [2.75, 3.05) is 19.7 Å². The number of nitrogens with zero attached hydrogens (tertiary/aromatic N) is 3. The second-order valence-electron chi connectivity index (χ2n) is 4.72. The SMILES string of the molecule is O=C(c1ccnn1CCO)N1CCCCCCC1. The molecule has 0 unspecified atom stereocenters. The minimum atomic E-state index is 0.00194. The summed E-state index contributed by atoms with van der Waals surface area (Å²) < 4.78 is 1.58. The normalized spacial score (nSPS) is 17.3. The molecule has 2 rings (SSSR count). The highest BCUT2D eigenvalue weighted by molar-refractivity contribution is 5.92. The first-order valence-corrected chi connectivity index (χ1v) is 6.75. The van der Waals surface area contributed by atoms with Gasteiger partial charge in [0.05, 0.1) is 13.2 Å². The lowest BCUT2D eigenvalue weighted by Crippen LogP contribution is -2.35. The van der Waals surface area contributed by atoms with Crippen LogP contribution >= 0.6 is 0 Å². The van der Waals surface area contributed by atoms with Crippen molar-refractivity contribution >= 4 is 5.91 Å². The summed E-state index contributed by atoms with van der Waals surface area (Å²) in [5, 5.41) is 13.0. The molecule has 1 aromatic rings. The molecule has 0 aliphatic carbocycles. The lowest BCUT2D eigenvalue weighted by atomic mass is 10.1. The van der Waals surface area contributed by atoms with Gasteiger partial charge in [-0.25, -0.2) is 0 Å². The molecular weight excluding hydrogens is 230 g/mol. The summed E-state index contributed by atoms with van der Waals surface area (Å²) in [6, 6.07) is 1.73. The first-order chi connectivity index (χ1) is 8.83. The summed E-state index contributed by atoms with van der Waals surface area (Å²) in [5.74, 6) is 0.0443. The van der Waals surface area contributed by atoms with E-state index in [1.54, 1.807) is 16.9 Å². The molecule has 1 aromatic heterocycles. The Morgan fingerprint density at radius 2 is 1.89 bits per heavy atom. The molecule has 5 heteroatoms. The number of rotatable bonds is 3. The Kier molecular flexibility index (Phi) is 4.75. The van der Waals surface area contributed by atoms with Gasteiger partial charge in [0, 0.05) is 19.3 Å². The zero-order valence-electron chi connectivity index (χ0n) is 10.7. The Morgan fingerprint density at radius 1 is 1.22 bits per heavy atom. The van der Waals surface area contributed by atoms with Crippen LogP contribution in [0.3, 0.4) is 0 Å². The van der Waals surface area contributed by atoms with Crippen LogP contribution in [-0.2, 0) is 6.54 Å². The molecule has 0 radical (unpaired) electrons. The fraction of sp³-hybridized carbons (Fsp3) is 0.692. The lowest BCUT2D eigenvalue weighted by Gasteiger charge is -2.24. The molecule has 0 saturated carbocycles. The van der Waals surface area contributed by atoms with E-state index < -0.39 is 0 Å². The van der Waals surface area contributed by atoms with Crippen molar-refractivity contribution in [1.82, 2.24) is 14.7 Å². The predicted molar refractivity (Wildman–Crippen MR) is 68.3 cm³/mol. The van der Waals surface area contributed by atoms with Gasteiger partial charge < -0.3 is 10.0 Å². The minimum absolute atomic E-state index is 0.00194. The third-order valence-electron chi connectivity index (χ3n) is 3.39. The Morgan fingerprint density at radius 3 is 2.56 bits per heavy atom. The van der Waals surface area contributed by atoms with E-state index in [0.29, 0.717) is 12.2 Å². The number of carbonyl (C=O) groups is 1. The first-order valence-electron chi connectivity index (χ1n) is 6.75. The van der Waals surface area contributed by atoms with E-state index in [4.69, 9.17) is 5.11 Å². The number of amides is 1. The van der Waals surface area contributed by atoms with Crippen LogP contribution in [0.4, 0.5) is 0 Å². The van der Waals surface area contributed by atoms with Gasteiger partial charge in [0.2, 0.25) is 0 Å². The third-order valence-corrected chi connectivity index (χ3v) is 3.39. The van der Waals surface area contributed by atoms with Crippen LogP contribution in [0.2, 0.25) is 0 Å². The van der Waals surface area contributed by atoms with Gasteiger partial charge in [0.25, 0.3) is 5.91 Å². The second-order valence-corrected chi connectivity index (χ2v) is 4.72. The van der Waals surface area contributed by atoms with Crippen LogP contribution in [0.15, 0.2) is 12.3 Å². The van der Waals surface area contributed by atoms with Crippen LogP contribution in [0.5, 0.6) is 0 Å². The van der Waals surface area contributed by atoms with Crippen molar-refractivity contribution in [2.24, 2.45) is 0 Å². The molecule has 2 heterocycles. The number of aliphatic hydroxyl groups is 1. The van der Waals surface area contributed by atoms with E-state index in [1.807, 2.05) is 4.90 Å². The average Bonchev–Trinajstić information content (AvgIpc) is 2.76. The fourth-order valence-corrected chi connectivity index (χ4v) is 2.40. The van der Waals surface area contributed by atoms with Gasteiger partial charge in [0.15, 0.2) is 0 Å². The van der Waals surface area contributed by atoms with E-state index in [-0.39, 0.29) is 12.5 Å². The number of aromatic nitrogens is 2. The minimum Gasteiger partial charge on any atom is -0.394 e. The van der Waals surface area contributed by atoms with E-state index in [9.17, 15) is 4.79 Å². The molecule has 1 aliphatic heterocycles. The number of aliphatic hydroxyl groups excluding tert-OH is 1. The van der Waals surface area contributed by atoms with Gasteiger partial charge in [0.1, 0.15) is 5.69 Å². The molecule has 0 aromatic carbocycles. The van der Waals surface area contributed by atoms with Gasteiger partial charge in [-0.3, -0.25) is 9.48 Å². The first kappa shape index (κ1) is 13.1.